The molecule has 3 aliphatic rings. The lowest BCUT2D eigenvalue weighted by atomic mass is 9.66. The fraction of sp³-hybridized carbons (Fsp3) is 0.486. The molecule has 246 valence electrons. The lowest BCUT2D eigenvalue weighted by molar-refractivity contribution is -0.143. The van der Waals surface area contributed by atoms with Crippen LogP contribution in [-0.4, -0.2) is 81.0 Å². The molecule has 3 amide bonds. The highest BCUT2D eigenvalue weighted by Crippen LogP contribution is 2.71. The number of benzene rings is 2. The minimum Gasteiger partial charge on any atom is -0.494 e. The van der Waals surface area contributed by atoms with Gasteiger partial charge in [-0.3, -0.25) is 14.4 Å². The van der Waals surface area contributed by atoms with Gasteiger partial charge in [-0.15, -0.1) is 24.9 Å². The summed E-state index contributed by atoms with van der Waals surface area (Å²) in [7, 11) is 0. The van der Waals surface area contributed by atoms with Gasteiger partial charge < -0.3 is 24.5 Å². The fourth-order valence-electron chi connectivity index (χ4n) is 7.77. The minimum absolute atomic E-state index is 0.0858. The standard InChI is InChI=1S/C37H47N3O5S/c1-5-22-38(26-27-14-10-8-11-15-27)35(44)32-37-21-20-36(4,46-37)30(31(37)34(43)40(32)24-12-9-13-25-41)33(42)39(23-6-2)28-16-18-29(19-17-28)45-7-3/h5-6,8,10-11,14-19,30-32,41H,1-2,7,9,12-13,20-26H2,3-4H3/t30-,31-,32?,36+,37?/m0/s1. The zero-order valence-electron chi connectivity index (χ0n) is 27.1. The number of aliphatic hydroxyl groups is 1. The van der Waals surface area contributed by atoms with Crippen LogP contribution in [0.1, 0.15) is 51.5 Å². The Morgan fingerprint density at radius 3 is 2.39 bits per heavy atom. The predicted octanol–water partition coefficient (Wildman–Crippen LogP) is 5.46. The maximum absolute atomic E-state index is 14.7. The monoisotopic (exact) mass is 645 g/mol. The summed E-state index contributed by atoms with van der Waals surface area (Å²) in [6.07, 6.45) is 6.93. The number of rotatable bonds is 16. The number of fused-ring (bicyclic) bond motifs is 1. The van der Waals surface area contributed by atoms with Gasteiger partial charge in [0.1, 0.15) is 11.8 Å². The Hall–Kier alpha value is -3.56. The quantitative estimate of drug-likeness (QED) is 0.193. The Morgan fingerprint density at radius 1 is 1.02 bits per heavy atom. The first-order valence-electron chi connectivity index (χ1n) is 16.4. The lowest BCUT2D eigenvalue weighted by Crippen LogP contribution is -2.55. The third-order valence-corrected chi connectivity index (χ3v) is 11.7. The van der Waals surface area contributed by atoms with Crippen LogP contribution in [0, 0.1) is 11.8 Å². The molecule has 0 saturated carbocycles. The molecule has 46 heavy (non-hydrogen) atoms. The summed E-state index contributed by atoms with van der Waals surface area (Å²) >= 11 is 1.69. The number of unbranched alkanes of at least 4 members (excludes halogenated alkanes) is 2. The number of hydrogen-bond acceptors (Lipinski definition) is 6. The van der Waals surface area contributed by atoms with Gasteiger partial charge in [0.25, 0.3) is 0 Å². The maximum atomic E-state index is 14.7. The van der Waals surface area contributed by atoms with Crippen molar-refractivity contribution in [2.45, 2.75) is 68.0 Å². The number of carbonyl (C=O) groups excluding carboxylic acids is 3. The van der Waals surface area contributed by atoms with Crippen LogP contribution in [0.4, 0.5) is 5.69 Å². The average Bonchev–Trinajstić information content (AvgIpc) is 3.62. The van der Waals surface area contributed by atoms with Gasteiger partial charge in [-0.1, -0.05) is 42.5 Å². The normalized spacial score (nSPS) is 26.1. The molecule has 0 aromatic heterocycles. The summed E-state index contributed by atoms with van der Waals surface area (Å²) in [4.78, 5) is 49.4. The summed E-state index contributed by atoms with van der Waals surface area (Å²) in [5.74, 6) is -0.805. The second-order valence-electron chi connectivity index (χ2n) is 12.7. The van der Waals surface area contributed by atoms with E-state index in [1.165, 1.54) is 0 Å². The van der Waals surface area contributed by atoms with E-state index >= 15 is 0 Å². The van der Waals surface area contributed by atoms with Gasteiger partial charge in [0.15, 0.2) is 0 Å². The zero-order chi connectivity index (χ0) is 32.9. The molecule has 5 rings (SSSR count). The van der Waals surface area contributed by atoms with Crippen LogP contribution in [0.3, 0.4) is 0 Å². The number of thioether (sulfide) groups is 1. The van der Waals surface area contributed by atoms with Crippen LogP contribution < -0.4 is 9.64 Å². The molecule has 3 heterocycles. The second-order valence-corrected chi connectivity index (χ2v) is 14.6. The number of aliphatic hydroxyl groups excluding tert-OH is 1. The van der Waals surface area contributed by atoms with Gasteiger partial charge in [0.05, 0.1) is 23.2 Å². The van der Waals surface area contributed by atoms with E-state index < -0.39 is 27.4 Å². The van der Waals surface area contributed by atoms with E-state index in [1.54, 1.807) is 38.6 Å². The Balaban J connectivity index is 1.52. The van der Waals surface area contributed by atoms with Gasteiger partial charge in [0, 0.05) is 43.2 Å². The van der Waals surface area contributed by atoms with Crippen molar-refractivity contribution in [1.29, 1.82) is 0 Å². The summed E-state index contributed by atoms with van der Waals surface area (Å²) in [6.45, 7) is 14.0. The summed E-state index contributed by atoms with van der Waals surface area (Å²) in [5.41, 5.74) is 1.72. The van der Waals surface area contributed by atoms with Gasteiger partial charge in [-0.05, 0) is 75.8 Å². The van der Waals surface area contributed by atoms with Crippen molar-refractivity contribution < 1.29 is 24.2 Å². The van der Waals surface area contributed by atoms with Gasteiger partial charge >= 0.3 is 0 Å². The van der Waals surface area contributed by atoms with E-state index in [-0.39, 0.29) is 24.3 Å². The van der Waals surface area contributed by atoms with Crippen molar-refractivity contribution in [3.63, 3.8) is 0 Å². The molecule has 1 N–H and O–H groups in total. The van der Waals surface area contributed by atoms with Crippen LogP contribution in [0.25, 0.3) is 0 Å². The van der Waals surface area contributed by atoms with Crippen LogP contribution in [-0.2, 0) is 20.9 Å². The molecule has 0 radical (unpaired) electrons. The SMILES string of the molecule is C=CCN(Cc1ccccc1)C(=O)C1N(CCCCCO)C(=O)[C@@H]2[C@@H](C(=O)N(CC=C)c3ccc(OCC)cc3)[C@@]3(C)CCC12S3. The summed E-state index contributed by atoms with van der Waals surface area (Å²) in [5, 5.41) is 9.38. The molecule has 1 spiro atoms. The molecule has 2 unspecified atom stereocenters. The number of likely N-dealkylation sites (tertiary alicyclic amines) is 1. The van der Waals surface area contributed by atoms with Crippen LogP contribution >= 0.6 is 11.8 Å². The molecular weight excluding hydrogens is 598 g/mol. The Morgan fingerprint density at radius 2 is 1.74 bits per heavy atom. The summed E-state index contributed by atoms with van der Waals surface area (Å²) in [6, 6.07) is 16.6. The third-order valence-electron chi connectivity index (χ3n) is 9.75. The average molecular weight is 646 g/mol. The molecular formula is C37H47N3O5S. The van der Waals surface area contributed by atoms with E-state index in [1.807, 2.05) is 61.5 Å². The van der Waals surface area contributed by atoms with Gasteiger partial charge in [-0.25, -0.2) is 0 Å². The van der Waals surface area contributed by atoms with E-state index in [0.717, 1.165) is 29.8 Å². The molecule has 3 saturated heterocycles. The highest BCUT2D eigenvalue weighted by molar-refractivity contribution is 8.02. The number of carbonyl (C=O) groups is 3. The Bertz CT molecular complexity index is 1420. The molecule has 0 aliphatic carbocycles. The van der Waals surface area contributed by atoms with Crippen LogP contribution in [0.15, 0.2) is 79.9 Å². The number of nitrogens with zero attached hydrogens (tertiary/aromatic N) is 3. The van der Waals surface area contributed by atoms with Crippen molar-refractivity contribution in [1.82, 2.24) is 9.80 Å². The number of amides is 3. The minimum atomic E-state index is -0.713. The zero-order valence-corrected chi connectivity index (χ0v) is 27.9. The maximum Gasteiger partial charge on any atom is 0.247 e. The largest absolute Gasteiger partial charge is 0.494 e. The van der Waals surface area contributed by atoms with Gasteiger partial charge in [0.2, 0.25) is 17.7 Å². The molecule has 9 heteroatoms. The van der Waals surface area contributed by atoms with E-state index in [0.29, 0.717) is 52.0 Å². The second kappa shape index (κ2) is 14.5. The third kappa shape index (κ3) is 6.24. The lowest BCUT2D eigenvalue weighted by Gasteiger charge is -2.38. The van der Waals surface area contributed by atoms with Crippen molar-refractivity contribution >= 4 is 35.2 Å². The van der Waals surface area contributed by atoms with E-state index in [4.69, 9.17) is 4.74 Å². The van der Waals surface area contributed by atoms with E-state index in [2.05, 4.69) is 20.1 Å². The van der Waals surface area contributed by atoms with Gasteiger partial charge in [-0.2, -0.15) is 0 Å². The molecule has 2 bridgehead atoms. The molecule has 8 nitrogen and oxygen atoms in total. The van der Waals surface area contributed by atoms with Crippen molar-refractivity contribution in [3.8, 4) is 5.75 Å². The highest BCUT2D eigenvalue weighted by Gasteiger charge is 2.77. The smallest absolute Gasteiger partial charge is 0.247 e. The van der Waals surface area contributed by atoms with E-state index in [9.17, 15) is 19.5 Å². The predicted molar refractivity (Wildman–Crippen MR) is 184 cm³/mol. The van der Waals surface area contributed by atoms with Crippen LogP contribution in [0.5, 0.6) is 5.75 Å². The van der Waals surface area contributed by atoms with Crippen molar-refractivity contribution in [3.05, 3.63) is 85.5 Å². The first-order chi connectivity index (χ1) is 22.2. The molecule has 3 aliphatic heterocycles. The highest BCUT2D eigenvalue weighted by atomic mass is 32.2. The Labute approximate surface area is 277 Å². The Kier molecular flexibility index (Phi) is 10.6. The first-order valence-corrected chi connectivity index (χ1v) is 17.3. The van der Waals surface area contributed by atoms with Crippen molar-refractivity contribution in [2.75, 3.05) is 37.7 Å². The molecule has 5 atom stereocenters. The topological polar surface area (TPSA) is 90.4 Å². The first kappa shape index (κ1) is 33.8. The van der Waals surface area contributed by atoms with Crippen molar-refractivity contribution in [2.24, 2.45) is 11.8 Å². The molecule has 3 fully saturated rings. The number of hydrogen-bond donors (Lipinski definition) is 1. The number of anilines is 1. The summed E-state index contributed by atoms with van der Waals surface area (Å²) < 4.78 is 4.41. The molecule has 2 aromatic rings. The molecule has 2 aromatic carbocycles. The van der Waals surface area contributed by atoms with Crippen LogP contribution in [0.2, 0.25) is 0 Å². The fourth-order valence-corrected chi connectivity index (χ4v) is 10.1. The number of ether oxygens (including phenoxy) is 1.